The minimum Gasteiger partial charge on any atom is -0.389 e. The molecule has 1 atom stereocenters. The van der Waals surface area contributed by atoms with E-state index in [1.165, 1.54) is 20.0 Å². The molecular formula is C17H26N2O3. The first kappa shape index (κ1) is 16.8. The normalized spacial score (nSPS) is 15.9. The number of aliphatic hydroxyl groups is 1. The van der Waals surface area contributed by atoms with Gasteiger partial charge in [0.05, 0.1) is 18.3 Å². The molecule has 0 spiro atoms. The summed E-state index contributed by atoms with van der Waals surface area (Å²) in [6.07, 6.45) is 1.67. The van der Waals surface area contributed by atoms with Crippen molar-refractivity contribution in [3.05, 3.63) is 29.3 Å². The molecule has 22 heavy (non-hydrogen) atoms. The van der Waals surface area contributed by atoms with E-state index in [1.807, 2.05) is 25.1 Å². The second-order valence-corrected chi connectivity index (χ2v) is 6.01. The smallest absolute Gasteiger partial charge is 0.255 e. The van der Waals surface area contributed by atoms with Crippen molar-refractivity contribution in [2.45, 2.75) is 25.9 Å². The maximum atomic E-state index is 12.8. The zero-order valence-corrected chi connectivity index (χ0v) is 13.7. The lowest BCUT2D eigenvalue weighted by atomic mass is 10.1. The summed E-state index contributed by atoms with van der Waals surface area (Å²) < 4.78 is 4.92. The van der Waals surface area contributed by atoms with Crippen molar-refractivity contribution >= 4 is 11.6 Å². The Labute approximate surface area is 132 Å². The minimum absolute atomic E-state index is 0.0549. The molecule has 5 nitrogen and oxygen atoms in total. The van der Waals surface area contributed by atoms with Gasteiger partial charge in [0.1, 0.15) is 0 Å². The first-order chi connectivity index (χ1) is 10.5. The fourth-order valence-corrected chi connectivity index (χ4v) is 2.90. The average Bonchev–Trinajstić information content (AvgIpc) is 3.00. The SMILES string of the molecule is COCC(O)CN(C)C(=O)c1cc(C)ccc1N1CCCC1. The summed E-state index contributed by atoms with van der Waals surface area (Å²) in [4.78, 5) is 16.6. The van der Waals surface area contributed by atoms with E-state index in [2.05, 4.69) is 4.90 Å². The zero-order chi connectivity index (χ0) is 16.1. The number of aliphatic hydroxyl groups excluding tert-OH is 1. The van der Waals surface area contributed by atoms with Gasteiger partial charge in [0.25, 0.3) is 5.91 Å². The van der Waals surface area contributed by atoms with Gasteiger partial charge in [0.15, 0.2) is 0 Å². The molecule has 0 saturated carbocycles. The predicted octanol–water partition coefficient (Wildman–Crippen LogP) is 1.67. The quantitative estimate of drug-likeness (QED) is 0.869. The first-order valence-electron chi connectivity index (χ1n) is 7.81. The Morgan fingerprint density at radius 1 is 1.41 bits per heavy atom. The van der Waals surface area contributed by atoms with E-state index >= 15 is 0 Å². The van der Waals surface area contributed by atoms with Gasteiger partial charge in [-0.15, -0.1) is 0 Å². The van der Waals surface area contributed by atoms with Crippen LogP contribution in [0.4, 0.5) is 5.69 Å². The van der Waals surface area contributed by atoms with Crippen LogP contribution in [0.2, 0.25) is 0 Å². The average molecular weight is 306 g/mol. The van der Waals surface area contributed by atoms with Gasteiger partial charge in [-0.05, 0) is 31.9 Å². The number of carbonyl (C=O) groups excluding carboxylic acids is 1. The van der Waals surface area contributed by atoms with Crippen molar-refractivity contribution in [1.82, 2.24) is 4.90 Å². The monoisotopic (exact) mass is 306 g/mol. The van der Waals surface area contributed by atoms with E-state index < -0.39 is 6.10 Å². The van der Waals surface area contributed by atoms with Crippen LogP contribution in [0, 0.1) is 6.92 Å². The Kier molecular flexibility index (Phi) is 5.80. The maximum Gasteiger partial charge on any atom is 0.255 e. The number of hydrogen-bond acceptors (Lipinski definition) is 4. The number of carbonyl (C=O) groups is 1. The van der Waals surface area contributed by atoms with Crippen molar-refractivity contribution in [3.63, 3.8) is 0 Å². The third-order valence-corrected chi connectivity index (χ3v) is 4.02. The molecule has 1 aliphatic rings. The number of methoxy groups -OCH3 is 1. The van der Waals surface area contributed by atoms with E-state index in [0.29, 0.717) is 5.56 Å². The standard InChI is InChI=1S/C17H26N2O3/c1-13-6-7-16(19-8-4-5-9-19)15(10-13)17(21)18(2)11-14(20)12-22-3/h6-7,10,14,20H,4-5,8-9,11-12H2,1-3H3. The van der Waals surface area contributed by atoms with Gasteiger partial charge in [-0.2, -0.15) is 0 Å². The summed E-state index contributed by atoms with van der Waals surface area (Å²) in [6.45, 7) is 4.48. The summed E-state index contributed by atoms with van der Waals surface area (Å²) in [5.74, 6) is -0.0549. The Hall–Kier alpha value is -1.59. The third-order valence-electron chi connectivity index (χ3n) is 4.02. The lowest BCUT2D eigenvalue weighted by Crippen LogP contribution is -2.37. The van der Waals surface area contributed by atoms with Crippen LogP contribution >= 0.6 is 0 Å². The molecule has 1 unspecified atom stereocenters. The summed E-state index contributed by atoms with van der Waals surface area (Å²) in [5, 5.41) is 9.82. The van der Waals surface area contributed by atoms with Gasteiger partial charge < -0.3 is 19.6 Å². The highest BCUT2D eigenvalue weighted by atomic mass is 16.5. The number of nitrogens with zero attached hydrogens (tertiary/aromatic N) is 2. The van der Waals surface area contributed by atoms with E-state index in [1.54, 1.807) is 11.9 Å². The number of anilines is 1. The highest BCUT2D eigenvalue weighted by molar-refractivity contribution is 6.00. The lowest BCUT2D eigenvalue weighted by Gasteiger charge is -2.25. The van der Waals surface area contributed by atoms with Crippen molar-refractivity contribution in [3.8, 4) is 0 Å². The number of rotatable bonds is 6. The molecule has 1 amide bonds. The molecule has 2 rings (SSSR count). The number of benzene rings is 1. The maximum absolute atomic E-state index is 12.8. The fourth-order valence-electron chi connectivity index (χ4n) is 2.90. The molecule has 1 fully saturated rings. The van der Waals surface area contributed by atoms with Gasteiger partial charge in [0, 0.05) is 39.5 Å². The Morgan fingerprint density at radius 3 is 2.73 bits per heavy atom. The molecule has 1 aromatic rings. The Balaban J connectivity index is 2.18. The first-order valence-corrected chi connectivity index (χ1v) is 7.81. The van der Waals surface area contributed by atoms with Crippen LogP contribution in [0.25, 0.3) is 0 Å². The van der Waals surface area contributed by atoms with Gasteiger partial charge in [-0.3, -0.25) is 4.79 Å². The molecule has 0 aliphatic carbocycles. The highest BCUT2D eigenvalue weighted by Gasteiger charge is 2.22. The molecule has 1 heterocycles. The Morgan fingerprint density at radius 2 is 2.09 bits per heavy atom. The molecule has 0 aromatic heterocycles. The van der Waals surface area contributed by atoms with Gasteiger partial charge in [-0.25, -0.2) is 0 Å². The van der Waals surface area contributed by atoms with Crippen molar-refractivity contribution in [2.75, 3.05) is 45.3 Å². The van der Waals surface area contributed by atoms with E-state index in [-0.39, 0.29) is 19.1 Å². The van der Waals surface area contributed by atoms with Crippen LogP contribution in [0.3, 0.4) is 0 Å². The number of likely N-dealkylation sites (N-methyl/N-ethyl adjacent to an activating group) is 1. The van der Waals surface area contributed by atoms with Gasteiger partial charge >= 0.3 is 0 Å². The molecule has 122 valence electrons. The van der Waals surface area contributed by atoms with Crippen molar-refractivity contribution in [2.24, 2.45) is 0 Å². The van der Waals surface area contributed by atoms with E-state index in [9.17, 15) is 9.90 Å². The van der Waals surface area contributed by atoms with Crippen LogP contribution in [0.15, 0.2) is 18.2 Å². The molecule has 0 radical (unpaired) electrons. The van der Waals surface area contributed by atoms with Gasteiger partial charge in [-0.1, -0.05) is 11.6 Å². The van der Waals surface area contributed by atoms with Crippen molar-refractivity contribution in [1.29, 1.82) is 0 Å². The Bertz CT molecular complexity index is 513. The lowest BCUT2D eigenvalue weighted by molar-refractivity contribution is 0.0380. The zero-order valence-electron chi connectivity index (χ0n) is 13.7. The number of hydrogen-bond donors (Lipinski definition) is 1. The van der Waals surface area contributed by atoms with Crippen LogP contribution in [0.1, 0.15) is 28.8 Å². The fraction of sp³-hybridized carbons (Fsp3) is 0.588. The molecule has 0 bridgehead atoms. The summed E-state index contributed by atoms with van der Waals surface area (Å²) >= 11 is 0. The van der Waals surface area contributed by atoms with Crippen LogP contribution in [-0.4, -0.2) is 62.4 Å². The molecular weight excluding hydrogens is 280 g/mol. The van der Waals surface area contributed by atoms with Crippen LogP contribution in [0.5, 0.6) is 0 Å². The molecule has 1 saturated heterocycles. The van der Waals surface area contributed by atoms with E-state index in [0.717, 1.165) is 24.3 Å². The predicted molar refractivity (Wildman–Crippen MR) is 87.5 cm³/mol. The van der Waals surface area contributed by atoms with Crippen molar-refractivity contribution < 1.29 is 14.6 Å². The number of aryl methyl sites for hydroxylation is 1. The number of amides is 1. The summed E-state index contributed by atoms with van der Waals surface area (Å²) in [7, 11) is 3.26. The second-order valence-electron chi connectivity index (χ2n) is 6.01. The summed E-state index contributed by atoms with van der Waals surface area (Å²) in [6, 6.07) is 6.02. The topological polar surface area (TPSA) is 53.0 Å². The third kappa shape index (κ3) is 3.99. The number of ether oxygens (including phenoxy) is 1. The van der Waals surface area contributed by atoms with E-state index in [4.69, 9.17) is 4.74 Å². The largest absolute Gasteiger partial charge is 0.389 e. The second kappa shape index (κ2) is 7.61. The summed E-state index contributed by atoms with van der Waals surface area (Å²) in [5.41, 5.74) is 2.78. The molecule has 1 N–H and O–H groups in total. The van der Waals surface area contributed by atoms with Crippen LogP contribution < -0.4 is 4.90 Å². The molecule has 1 aliphatic heterocycles. The molecule has 5 heteroatoms. The van der Waals surface area contributed by atoms with Gasteiger partial charge in [0.2, 0.25) is 0 Å². The highest BCUT2D eigenvalue weighted by Crippen LogP contribution is 2.26. The van der Waals surface area contributed by atoms with Crippen LogP contribution in [-0.2, 0) is 4.74 Å². The molecule has 1 aromatic carbocycles. The minimum atomic E-state index is -0.668.